The van der Waals surface area contributed by atoms with Crippen LogP contribution in [0.1, 0.15) is 29.3 Å². The van der Waals surface area contributed by atoms with Crippen molar-refractivity contribution in [2.24, 2.45) is 0 Å². The van der Waals surface area contributed by atoms with E-state index in [-0.39, 0.29) is 24.8 Å². The Balaban J connectivity index is 1.55. The number of anilines is 2. The Morgan fingerprint density at radius 3 is 2.57 bits per heavy atom. The predicted octanol–water partition coefficient (Wildman–Crippen LogP) is 5.41. The maximum Gasteiger partial charge on any atom is 0.252 e. The van der Waals surface area contributed by atoms with Crippen molar-refractivity contribution in [1.29, 1.82) is 0 Å². The topological polar surface area (TPSA) is 62.3 Å². The van der Waals surface area contributed by atoms with E-state index in [0.29, 0.717) is 10.7 Å². The van der Waals surface area contributed by atoms with Crippen molar-refractivity contribution in [1.82, 2.24) is 10.3 Å². The van der Waals surface area contributed by atoms with Crippen LogP contribution in [0.15, 0.2) is 65.4 Å². The quantitative estimate of drug-likeness (QED) is 0.422. The van der Waals surface area contributed by atoms with Crippen molar-refractivity contribution >= 4 is 55.5 Å². The van der Waals surface area contributed by atoms with Crippen molar-refractivity contribution in [3.05, 3.63) is 76.5 Å². The van der Waals surface area contributed by atoms with Gasteiger partial charge in [-0.2, -0.15) is 11.3 Å². The molecule has 0 spiro atoms. The van der Waals surface area contributed by atoms with E-state index in [0.717, 1.165) is 22.3 Å². The summed E-state index contributed by atoms with van der Waals surface area (Å²) in [7, 11) is 0. The van der Waals surface area contributed by atoms with Gasteiger partial charge in [-0.05, 0) is 47.7 Å². The minimum Gasteiger partial charge on any atom is -0.351 e. The number of nitrogens with zero attached hydrogens (tertiary/aromatic N) is 2. The number of amides is 2. The summed E-state index contributed by atoms with van der Waals surface area (Å²) in [6, 6.07) is 17.6. The van der Waals surface area contributed by atoms with Crippen LogP contribution in [0.4, 0.5) is 10.8 Å². The number of thiophene rings is 1. The molecule has 30 heavy (non-hydrogen) atoms. The molecule has 0 aliphatic heterocycles. The number of fused-ring (bicyclic) bond motifs is 1. The summed E-state index contributed by atoms with van der Waals surface area (Å²) in [6.45, 7) is 2.36. The number of hydrogen-bond acceptors (Lipinski definition) is 5. The van der Waals surface area contributed by atoms with Crippen LogP contribution in [0.2, 0.25) is 0 Å². The molecule has 0 saturated heterocycles. The van der Waals surface area contributed by atoms with E-state index in [1.807, 2.05) is 53.9 Å². The van der Waals surface area contributed by atoms with E-state index in [1.54, 1.807) is 16.3 Å². The number of thiazole rings is 1. The smallest absolute Gasteiger partial charge is 0.252 e. The van der Waals surface area contributed by atoms with Crippen LogP contribution in [0.3, 0.4) is 0 Å². The molecule has 2 aromatic heterocycles. The fraction of sp³-hybridized carbons (Fsp3) is 0.174. The van der Waals surface area contributed by atoms with Crippen molar-refractivity contribution in [3.63, 3.8) is 0 Å². The van der Waals surface area contributed by atoms with E-state index in [9.17, 15) is 9.59 Å². The molecule has 0 aliphatic rings. The summed E-state index contributed by atoms with van der Waals surface area (Å²) >= 11 is 2.95. The van der Waals surface area contributed by atoms with Crippen LogP contribution in [0.25, 0.3) is 10.2 Å². The molecule has 0 atom stereocenters. The second-order valence-electron chi connectivity index (χ2n) is 6.73. The summed E-state index contributed by atoms with van der Waals surface area (Å²) in [5.74, 6) is -0.271. The van der Waals surface area contributed by atoms with Gasteiger partial charge in [0.2, 0.25) is 5.91 Å². The molecule has 0 saturated carbocycles. The number of rotatable bonds is 7. The van der Waals surface area contributed by atoms with Gasteiger partial charge in [0.1, 0.15) is 0 Å². The predicted molar refractivity (Wildman–Crippen MR) is 124 cm³/mol. The Kier molecular flexibility index (Phi) is 6.21. The van der Waals surface area contributed by atoms with Gasteiger partial charge >= 0.3 is 0 Å². The standard InChI is InChI=1S/C23H21N3O2S2/c1-2-16-7-9-18(10-8-16)26(23-25-19-5-3-4-6-20(19)30-23)21(27)11-13-24-22(28)17-12-14-29-15-17/h3-10,12,14-15H,2,11,13H2,1H3,(H,24,28). The third-order valence-electron chi connectivity index (χ3n) is 4.73. The zero-order chi connectivity index (χ0) is 20.9. The van der Waals surface area contributed by atoms with Crippen LogP contribution in [0, 0.1) is 0 Å². The van der Waals surface area contributed by atoms with Crippen LogP contribution < -0.4 is 10.2 Å². The third-order valence-corrected chi connectivity index (χ3v) is 6.44. The molecule has 0 radical (unpaired) electrons. The first-order valence-corrected chi connectivity index (χ1v) is 11.5. The average molecular weight is 436 g/mol. The van der Waals surface area contributed by atoms with E-state index >= 15 is 0 Å². The largest absolute Gasteiger partial charge is 0.351 e. The summed E-state index contributed by atoms with van der Waals surface area (Å²) in [5.41, 5.74) is 3.47. The van der Waals surface area contributed by atoms with Gasteiger partial charge in [0.25, 0.3) is 5.91 Å². The van der Waals surface area contributed by atoms with E-state index < -0.39 is 0 Å². The summed E-state index contributed by atoms with van der Waals surface area (Å²) in [4.78, 5) is 31.7. The van der Waals surface area contributed by atoms with E-state index in [4.69, 9.17) is 0 Å². The zero-order valence-corrected chi connectivity index (χ0v) is 18.1. The number of para-hydroxylation sites is 1. The Labute approximate surface area is 183 Å². The number of aromatic nitrogens is 1. The number of carbonyl (C=O) groups excluding carboxylic acids is 2. The van der Waals surface area contributed by atoms with Crippen LogP contribution in [0.5, 0.6) is 0 Å². The lowest BCUT2D eigenvalue weighted by Crippen LogP contribution is -2.31. The van der Waals surface area contributed by atoms with Crippen molar-refractivity contribution in [2.75, 3.05) is 11.4 Å². The highest BCUT2D eigenvalue weighted by molar-refractivity contribution is 7.22. The molecule has 2 heterocycles. The Morgan fingerprint density at radius 1 is 1.07 bits per heavy atom. The molecule has 4 aromatic rings. The zero-order valence-electron chi connectivity index (χ0n) is 16.5. The minimum atomic E-state index is -0.164. The first kappa shape index (κ1) is 20.3. The van der Waals surface area contributed by atoms with Gasteiger partial charge in [-0.25, -0.2) is 4.98 Å². The first-order chi connectivity index (χ1) is 14.7. The molecule has 5 nitrogen and oxygen atoms in total. The molecular weight excluding hydrogens is 414 g/mol. The van der Waals surface area contributed by atoms with Gasteiger partial charge in [-0.15, -0.1) is 0 Å². The lowest BCUT2D eigenvalue weighted by molar-refractivity contribution is -0.117. The SMILES string of the molecule is CCc1ccc(N(C(=O)CCNC(=O)c2ccsc2)c2nc3ccccc3s2)cc1. The fourth-order valence-electron chi connectivity index (χ4n) is 3.09. The summed E-state index contributed by atoms with van der Waals surface area (Å²) in [5, 5.41) is 7.10. The highest BCUT2D eigenvalue weighted by atomic mass is 32.1. The van der Waals surface area contributed by atoms with Gasteiger partial charge in [0, 0.05) is 23.9 Å². The monoisotopic (exact) mass is 435 g/mol. The lowest BCUT2D eigenvalue weighted by atomic mass is 10.1. The van der Waals surface area contributed by atoms with E-state index in [1.165, 1.54) is 28.2 Å². The highest BCUT2D eigenvalue weighted by Gasteiger charge is 2.22. The molecule has 0 bridgehead atoms. The number of carbonyl (C=O) groups is 2. The maximum absolute atomic E-state index is 13.2. The lowest BCUT2D eigenvalue weighted by Gasteiger charge is -2.20. The number of benzene rings is 2. The van der Waals surface area contributed by atoms with E-state index in [2.05, 4.69) is 17.2 Å². The normalized spacial score (nSPS) is 10.8. The molecule has 1 N–H and O–H groups in total. The van der Waals surface area contributed by atoms with Gasteiger partial charge in [0.15, 0.2) is 5.13 Å². The maximum atomic E-state index is 13.2. The van der Waals surface area contributed by atoms with Crippen LogP contribution in [-0.4, -0.2) is 23.3 Å². The Morgan fingerprint density at radius 2 is 1.87 bits per heavy atom. The first-order valence-electron chi connectivity index (χ1n) is 9.73. The minimum absolute atomic E-state index is 0.107. The number of nitrogens with one attached hydrogen (secondary N) is 1. The van der Waals surface area contributed by atoms with Gasteiger partial charge in [0.05, 0.1) is 15.9 Å². The second kappa shape index (κ2) is 9.19. The molecule has 7 heteroatoms. The molecule has 0 aliphatic carbocycles. The molecule has 152 valence electrons. The molecule has 4 rings (SSSR count). The Hall–Kier alpha value is -3.03. The molecule has 0 unspecified atom stereocenters. The van der Waals surface area contributed by atoms with Crippen molar-refractivity contribution in [2.45, 2.75) is 19.8 Å². The fourth-order valence-corrected chi connectivity index (χ4v) is 4.73. The van der Waals surface area contributed by atoms with Crippen LogP contribution >= 0.6 is 22.7 Å². The van der Waals surface area contributed by atoms with Gasteiger partial charge in [-0.1, -0.05) is 42.5 Å². The average Bonchev–Trinajstić information content (AvgIpc) is 3.44. The summed E-state index contributed by atoms with van der Waals surface area (Å²) in [6.07, 6.45) is 1.12. The van der Waals surface area contributed by atoms with Crippen LogP contribution in [-0.2, 0) is 11.2 Å². The van der Waals surface area contributed by atoms with Crippen molar-refractivity contribution < 1.29 is 9.59 Å². The summed E-state index contributed by atoms with van der Waals surface area (Å²) < 4.78 is 1.03. The molecule has 0 fully saturated rings. The van der Waals surface area contributed by atoms with Crippen molar-refractivity contribution in [3.8, 4) is 0 Å². The second-order valence-corrected chi connectivity index (χ2v) is 8.52. The molecule has 2 amide bonds. The third kappa shape index (κ3) is 4.42. The number of aryl methyl sites for hydroxylation is 1. The molecule has 2 aromatic carbocycles. The molecular formula is C23H21N3O2S2. The Bertz CT molecular complexity index is 1120. The number of hydrogen-bond donors (Lipinski definition) is 1. The van der Waals surface area contributed by atoms with Gasteiger partial charge < -0.3 is 5.32 Å². The van der Waals surface area contributed by atoms with Gasteiger partial charge in [-0.3, -0.25) is 14.5 Å². The highest BCUT2D eigenvalue weighted by Crippen LogP contribution is 2.34.